The second-order valence-corrected chi connectivity index (χ2v) is 8.34. The maximum Gasteiger partial charge on any atom is 0.359 e. The van der Waals surface area contributed by atoms with Crippen molar-refractivity contribution >= 4 is 62.2 Å². The van der Waals surface area contributed by atoms with E-state index in [1.165, 1.54) is 6.07 Å². The zero-order valence-corrected chi connectivity index (χ0v) is 18.9. The van der Waals surface area contributed by atoms with E-state index < -0.39 is 17.4 Å². The van der Waals surface area contributed by atoms with E-state index in [2.05, 4.69) is 10.4 Å². The number of carbonyl (C=O) groups is 2. The summed E-state index contributed by atoms with van der Waals surface area (Å²) in [5.41, 5.74) is 0.140. The third-order valence-corrected chi connectivity index (χ3v) is 5.85. The predicted molar refractivity (Wildman–Crippen MR) is 126 cm³/mol. The van der Waals surface area contributed by atoms with E-state index in [1.54, 1.807) is 54.8 Å². The highest BCUT2D eigenvalue weighted by atomic mass is 35.5. The monoisotopic (exact) mass is 487 g/mol. The Labute approximate surface area is 196 Å². The number of esters is 1. The number of thiophene rings is 1. The molecule has 2 heterocycles. The molecule has 0 fully saturated rings. The molecule has 162 valence electrons. The Kier molecular flexibility index (Phi) is 6.27. The third-order valence-electron chi connectivity index (χ3n) is 4.49. The fourth-order valence-corrected chi connectivity index (χ4v) is 4.39. The molecule has 0 unspecified atom stereocenters. The molecule has 0 aliphatic carbocycles. The Morgan fingerprint density at radius 3 is 2.53 bits per heavy atom. The van der Waals surface area contributed by atoms with Crippen molar-refractivity contribution in [2.45, 2.75) is 6.92 Å². The van der Waals surface area contributed by atoms with Crippen LogP contribution in [0.2, 0.25) is 10.0 Å². The van der Waals surface area contributed by atoms with E-state index in [-0.39, 0.29) is 28.1 Å². The normalized spacial score (nSPS) is 10.8. The summed E-state index contributed by atoms with van der Waals surface area (Å²) in [5.74, 6) is -1.13. The number of anilines is 1. The minimum absolute atomic E-state index is 0.0408. The lowest BCUT2D eigenvalue weighted by Gasteiger charge is -2.10. The van der Waals surface area contributed by atoms with E-state index in [0.29, 0.717) is 21.3 Å². The second-order valence-electron chi connectivity index (χ2n) is 6.58. The molecule has 0 saturated carbocycles. The van der Waals surface area contributed by atoms with Gasteiger partial charge in [0.1, 0.15) is 5.00 Å². The number of nitrogens with zero attached hydrogens (tertiary/aromatic N) is 2. The van der Waals surface area contributed by atoms with E-state index in [0.717, 1.165) is 16.0 Å². The smallest absolute Gasteiger partial charge is 0.359 e. The number of benzene rings is 2. The molecule has 10 heteroatoms. The molecular formula is C22H15Cl2N3O4S. The quantitative estimate of drug-likeness (QED) is 0.391. The summed E-state index contributed by atoms with van der Waals surface area (Å²) in [6.45, 7) is 1.81. The third kappa shape index (κ3) is 4.25. The van der Waals surface area contributed by atoms with Gasteiger partial charge in [0, 0.05) is 26.4 Å². The topological polar surface area (TPSA) is 90.3 Å². The van der Waals surface area contributed by atoms with Gasteiger partial charge in [0.2, 0.25) is 0 Å². The van der Waals surface area contributed by atoms with E-state index in [9.17, 15) is 14.4 Å². The number of rotatable bonds is 5. The number of hydrogen-bond donors (Lipinski definition) is 1. The largest absolute Gasteiger partial charge is 0.461 e. The molecule has 0 radical (unpaired) electrons. The van der Waals surface area contributed by atoms with Gasteiger partial charge in [0.05, 0.1) is 17.7 Å². The summed E-state index contributed by atoms with van der Waals surface area (Å²) in [5, 5.41) is 10.1. The average molecular weight is 488 g/mol. The molecule has 1 amide bonds. The van der Waals surface area contributed by atoms with Crippen molar-refractivity contribution in [1.82, 2.24) is 9.78 Å². The molecule has 0 aliphatic heterocycles. The molecule has 1 N–H and O–H groups in total. The first-order valence-corrected chi connectivity index (χ1v) is 11.1. The molecule has 0 aliphatic rings. The Morgan fingerprint density at radius 2 is 1.84 bits per heavy atom. The van der Waals surface area contributed by atoms with Crippen LogP contribution in [0.15, 0.2) is 58.7 Å². The van der Waals surface area contributed by atoms with Crippen LogP contribution < -0.4 is 10.9 Å². The first kappa shape index (κ1) is 22.0. The fraction of sp³-hybridized carbons (Fsp3) is 0.0909. The minimum Gasteiger partial charge on any atom is -0.461 e. The van der Waals surface area contributed by atoms with Crippen molar-refractivity contribution in [3.05, 3.63) is 85.6 Å². The molecule has 4 rings (SSSR count). The lowest BCUT2D eigenvalue weighted by molar-refractivity contribution is 0.0520. The first-order chi connectivity index (χ1) is 15.4. The molecule has 32 heavy (non-hydrogen) atoms. The Bertz CT molecular complexity index is 1410. The van der Waals surface area contributed by atoms with Gasteiger partial charge in [-0.3, -0.25) is 9.59 Å². The van der Waals surface area contributed by atoms with Gasteiger partial charge >= 0.3 is 5.97 Å². The van der Waals surface area contributed by atoms with Crippen LogP contribution in [0.3, 0.4) is 0 Å². The van der Waals surface area contributed by atoms with Crippen LogP contribution in [-0.4, -0.2) is 28.3 Å². The highest BCUT2D eigenvalue weighted by Gasteiger charge is 2.23. The summed E-state index contributed by atoms with van der Waals surface area (Å²) in [6.07, 6.45) is 0. The maximum atomic E-state index is 13.4. The van der Waals surface area contributed by atoms with Gasteiger partial charge in [-0.2, -0.15) is 9.78 Å². The van der Waals surface area contributed by atoms with Gasteiger partial charge in [-0.1, -0.05) is 35.3 Å². The molecular weight excluding hydrogens is 473 g/mol. The number of hydrogen-bond acceptors (Lipinski definition) is 6. The molecule has 7 nitrogen and oxygen atoms in total. The van der Waals surface area contributed by atoms with Crippen LogP contribution in [-0.2, 0) is 4.74 Å². The minimum atomic E-state index is -0.682. The van der Waals surface area contributed by atoms with Crippen molar-refractivity contribution in [3.63, 3.8) is 0 Å². The summed E-state index contributed by atoms with van der Waals surface area (Å²) in [6, 6.07) is 12.9. The number of carbonyl (C=O) groups excluding carboxylic acids is 2. The Morgan fingerprint density at radius 1 is 1.12 bits per heavy atom. The lowest BCUT2D eigenvalue weighted by atomic mass is 10.2. The number of fused-ring (bicyclic) bond motifs is 1. The van der Waals surface area contributed by atoms with Crippen molar-refractivity contribution < 1.29 is 14.3 Å². The standard InChI is InChI=1S/C22H15Cl2N3O4S/c1-2-31-22(30)18-16-11-32-20(25-19(28)12-5-3-6-13(23)9-12)17(16)21(29)27(26-18)15-8-4-7-14(24)10-15/h3-11H,2H2,1H3,(H,25,28). The fourth-order valence-electron chi connectivity index (χ4n) is 3.08. The molecule has 0 atom stereocenters. The molecule has 2 aromatic carbocycles. The zero-order valence-electron chi connectivity index (χ0n) is 16.6. The van der Waals surface area contributed by atoms with Gasteiger partial charge in [-0.05, 0) is 43.3 Å². The molecule has 4 aromatic rings. The van der Waals surface area contributed by atoms with Crippen LogP contribution in [0.4, 0.5) is 5.00 Å². The number of amides is 1. The molecule has 0 bridgehead atoms. The highest BCUT2D eigenvalue weighted by Crippen LogP contribution is 2.31. The Hall–Kier alpha value is -3.20. The number of halogens is 2. The number of ether oxygens (including phenoxy) is 1. The van der Waals surface area contributed by atoms with Gasteiger partial charge in [0.15, 0.2) is 5.69 Å². The lowest BCUT2D eigenvalue weighted by Crippen LogP contribution is -2.25. The highest BCUT2D eigenvalue weighted by molar-refractivity contribution is 7.16. The van der Waals surface area contributed by atoms with Crippen LogP contribution in [0.1, 0.15) is 27.8 Å². The Balaban J connectivity index is 1.89. The van der Waals surface area contributed by atoms with Crippen molar-refractivity contribution in [3.8, 4) is 5.69 Å². The van der Waals surface area contributed by atoms with Crippen LogP contribution >= 0.6 is 34.5 Å². The van der Waals surface area contributed by atoms with Crippen molar-refractivity contribution in [1.29, 1.82) is 0 Å². The second kappa shape index (κ2) is 9.12. The van der Waals surface area contributed by atoms with Gasteiger partial charge < -0.3 is 10.1 Å². The van der Waals surface area contributed by atoms with E-state index in [1.807, 2.05) is 0 Å². The molecule has 2 aromatic heterocycles. The SMILES string of the molecule is CCOC(=O)c1nn(-c2cccc(Cl)c2)c(=O)c2c(NC(=O)c3cccc(Cl)c3)scc12. The maximum absolute atomic E-state index is 13.4. The number of aromatic nitrogens is 2. The van der Waals surface area contributed by atoms with Crippen LogP contribution in [0, 0.1) is 0 Å². The van der Waals surface area contributed by atoms with E-state index >= 15 is 0 Å². The molecule has 0 saturated heterocycles. The predicted octanol–water partition coefficient (Wildman–Crippen LogP) is 5.18. The summed E-state index contributed by atoms with van der Waals surface area (Å²) < 4.78 is 6.19. The van der Waals surface area contributed by atoms with Gasteiger partial charge in [-0.15, -0.1) is 11.3 Å². The van der Waals surface area contributed by atoms with Crippen LogP contribution in [0.5, 0.6) is 0 Å². The van der Waals surface area contributed by atoms with Crippen LogP contribution in [0.25, 0.3) is 16.5 Å². The molecule has 0 spiro atoms. The van der Waals surface area contributed by atoms with Gasteiger partial charge in [-0.25, -0.2) is 4.79 Å². The summed E-state index contributed by atoms with van der Waals surface area (Å²) in [4.78, 5) is 38.7. The summed E-state index contributed by atoms with van der Waals surface area (Å²) >= 11 is 13.2. The average Bonchev–Trinajstić information content (AvgIpc) is 3.18. The zero-order chi connectivity index (χ0) is 22.8. The van der Waals surface area contributed by atoms with Crippen molar-refractivity contribution in [2.75, 3.05) is 11.9 Å². The first-order valence-electron chi connectivity index (χ1n) is 9.43. The van der Waals surface area contributed by atoms with Crippen molar-refractivity contribution in [2.24, 2.45) is 0 Å². The summed E-state index contributed by atoms with van der Waals surface area (Å²) in [7, 11) is 0. The van der Waals surface area contributed by atoms with E-state index in [4.69, 9.17) is 27.9 Å². The number of nitrogens with one attached hydrogen (secondary N) is 1. The van der Waals surface area contributed by atoms with Gasteiger partial charge in [0.25, 0.3) is 11.5 Å².